The standard InChI is InChI=1S/C43H71N3O8/c1-2-35(30-7-4-3-5-8-30)41(31-11-15-33(47)16-12-31)32-13-17-34(18-14-32)54-28-27-53-26-25-52-24-23-51-22-21-44-38-10-6-9-36-37(38)29-46(43(36)50)39-19-20-40(48)45-42(39)49/h30-34,36-39,44,47H,2-29H2,1H3,(H,45,48,49)/b41-35-. The lowest BCUT2D eigenvalue weighted by molar-refractivity contribution is -0.144. The summed E-state index contributed by atoms with van der Waals surface area (Å²) in [6, 6.07) is -0.302. The fourth-order valence-corrected chi connectivity index (χ4v) is 11.0. The molecule has 306 valence electrons. The molecule has 2 aliphatic heterocycles. The van der Waals surface area contributed by atoms with Gasteiger partial charge in [-0.2, -0.15) is 0 Å². The van der Waals surface area contributed by atoms with Crippen LogP contribution in [0.4, 0.5) is 0 Å². The van der Waals surface area contributed by atoms with Gasteiger partial charge in [-0.05, 0) is 108 Å². The Morgan fingerprint density at radius 3 is 2.04 bits per heavy atom. The first-order valence-electron chi connectivity index (χ1n) is 22.1. The molecule has 11 heteroatoms. The van der Waals surface area contributed by atoms with E-state index in [2.05, 4.69) is 17.6 Å². The van der Waals surface area contributed by atoms with Gasteiger partial charge in [0.15, 0.2) is 0 Å². The van der Waals surface area contributed by atoms with Gasteiger partial charge in [0.2, 0.25) is 17.7 Å². The minimum atomic E-state index is -0.524. The van der Waals surface area contributed by atoms with E-state index in [9.17, 15) is 19.5 Å². The number of fused-ring (bicyclic) bond motifs is 1. The second kappa shape index (κ2) is 21.6. The van der Waals surface area contributed by atoms with Gasteiger partial charge < -0.3 is 34.3 Å². The van der Waals surface area contributed by atoms with Crippen molar-refractivity contribution in [2.45, 2.75) is 153 Å². The third kappa shape index (κ3) is 11.4. The second-order valence-corrected chi connectivity index (χ2v) is 17.1. The molecule has 2 heterocycles. The lowest BCUT2D eigenvalue weighted by atomic mass is 9.68. The molecule has 4 atom stereocenters. The molecule has 3 amide bonds. The van der Waals surface area contributed by atoms with Crippen LogP contribution in [0.15, 0.2) is 11.1 Å². The summed E-state index contributed by atoms with van der Waals surface area (Å²) in [5.41, 5.74) is 3.63. The predicted octanol–water partition coefficient (Wildman–Crippen LogP) is 5.47. The Kier molecular flexibility index (Phi) is 16.7. The monoisotopic (exact) mass is 758 g/mol. The van der Waals surface area contributed by atoms with E-state index in [1.807, 2.05) is 5.57 Å². The van der Waals surface area contributed by atoms with Crippen molar-refractivity contribution in [3.63, 3.8) is 0 Å². The van der Waals surface area contributed by atoms with Crippen molar-refractivity contribution >= 4 is 17.7 Å². The fraction of sp³-hybridized carbons (Fsp3) is 0.884. The molecule has 0 spiro atoms. The molecule has 0 bridgehead atoms. The summed E-state index contributed by atoms with van der Waals surface area (Å²) < 4.78 is 23.6. The van der Waals surface area contributed by atoms with Crippen molar-refractivity contribution in [3.8, 4) is 0 Å². The van der Waals surface area contributed by atoms with E-state index >= 15 is 0 Å². The van der Waals surface area contributed by atoms with Crippen LogP contribution in [0, 0.1) is 29.6 Å². The number of carbonyl (C=O) groups is 3. The lowest BCUT2D eigenvalue weighted by Gasteiger charge is -2.39. The van der Waals surface area contributed by atoms with E-state index < -0.39 is 6.04 Å². The van der Waals surface area contributed by atoms with Gasteiger partial charge in [0.1, 0.15) is 6.04 Å². The highest BCUT2D eigenvalue weighted by atomic mass is 16.6. The summed E-state index contributed by atoms with van der Waals surface area (Å²) in [6.45, 7) is 7.57. The Labute approximate surface area is 324 Å². The highest BCUT2D eigenvalue weighted by Gasteiger charge is 2.49. The van der Waals surface area contributed by atoms with Crippen molar-refractivity contribution in [3.05, 3.63) is 11.1 Å². The number of nitrogens with one attached hydrogen (secondary N) is 2. The highest BCUT2D eigenvalue weighted by molar-refractivity contribution is 6.02. The number of ether oxygens (including phenoxy) is 4. The Balaban J connectivity index is 0.786. The first-order chi connectivity index (χ1) is 26.4. The average Bonchev–Trinajstić information content (AvgIpc) is 3.53. The van der Waals surface area contributed by atoms with Crippen LogP contribution in [0.5, 0.6) is 0 Å². The van der Waals surface area contributed by atoms with E-state index in [0.717, 1.165) is 63.7 Å². The summed E-state index contributed by atoms with van der Waals surface area (Å²) in [4.78, 5) is 38.9. The van der Waals surface area contributed by atoms with E-state index in [1.54, 1.807) is 10.5 Å². The molecule has 0 radical (unpaired) electrons. The van der Waals surface area contributed by atoms with Crippen LogP contribution < -0.4 is 10.6 Å². The highest BCUT2D eigenvalue weighted by Crippen LogP contribution is 2.46. The van der Waals surface area contributed by atoms with E-state index in [1.165, 1.54) is 51.4 Å². The third-order valence-electron chi connectivity index (χ3n) is 13.7. The van der Waals surface area contributed by atoms with Gasteiger partial charge in [-0.15, -0.1) is 0 Å². The van der Waals surface area contributed by atoms with Gasteiger partial charge in [-0.1, -0.05) is 43.8 Å². The van der Waals surface area contributed by atoms with E-state index in [0.29, 0.717) is 83.7 Å². The quantitative estimate of drug-likeness (QED) is 0.0891. The zero-order chi connectivity index (χ0) is 37.7. The average molecular weight is 758 g/mol. The van der Waals surface area contributed by atoms with E-state index in [-0.39, 0.29) is 48.1 Å². The molecule has 3 N–H and O–H groups in total. The lowest BCUT2D eigenvalue weighted by Crippen LogP contribution is -2.53. The number of carbonyl (C=O) groups excluding carboxylic acids is 3. The topological polar surface area (TPSA) is 136 Å². The van der Waals surface area contributed by atoms with Crippen molar-refractivity contribution in [1.29, 1.82) is 0 Å². The molecule has 2 saturated heterocycles. The maximum absolute atomic E-state index is 13.2. The number of allylic oxidation sites excluding steroid dienone is 2. The van der Waals surface area contributed by atoms with Crippen molar-refractivity contribution in [2.75, 3.05) is 59.3 Å². The SMILES string of the molecule is CC/C(=C(\C1CCC(O)CC1)C1CCC(OCCOCCOCCOCCNC2CCCC3C(=O)N(C4CCC(=O)NC4=O)CC23)CC1)C1CCCCC1. The smallest absolute Gasteiger partial charge is 0.249 e. The third-order valence-corrected chi connectivity index (χ3v) is 13.7. The second-order valence-electron chi connectivity index (χ2n) is 17.1. The van der Waals surface area contributed by atoms with Gasteiger partial charge in [0, 0.05) is 37.4 Å². The largest absolute Gasteiger partial charge is 0.393 e. The molecule has 0 aromatic heterocycles. The molecule has 6 rings (SSSR count). The summed E-state index contributed by atoms with van der Waals surface area (Å²) in [7, 11) is 0. The molecule has 6 fully saturated rings. The van der Waals surface area contributed by atoms with Crippen LogP contribution in [-0.2, 0) is 33.3 Å². The van der Waals surface area contributed by atoms with Crippen LogP contribution in [0.3, 0.4) is 0 Å². The van der Waals surface area contributed by atoms with Gasteiger partial charge in [-0.3, -0.25) is 19.7 Å². The first kappa shape index (κ1) is 41.7. The summed E-state index contributed by atoms with van der Waals surface area (Å²) in [5, 5.41) is 16.2. The van der Waals surface area contributed by atoms with Crippen molar-refractivity contribution < 1.29 is 38.4 Å². The Morgan fingerprint density at radius 1 is 0.722 bits per heavy atom. The minimum absolute atomic E-state index is 0.0471. The number of imide groups is 1. The Hall–Kier alpha value is -1.89. The number of nitrogens with zero attached hydrogens (tertiary/aromatic N) is 1. The maximum Gasteiger partial charge on any atom is 0.249 e. The minimum Gasteiger partial charge on any atom is -0.393 e. The van der Waals surface area contributed by atoms with Crippen LogP contribution in [-0.4, -0.2) is 111 Å². The molecule has 6 aliphatic rings. The van der Waals surface area contributed by atoms with Crippen LogP contribution >= 0.6 is 0 Å². The Bertz CT molecular complexity index is 1220. The summed E-state index contributed by atoms with van der Waals surface area (Å²) in [6.07, 6.45) is 20.9. The Morgan fingerprint density at radius 2 is 1.37 bits per heavy atom. The number of piperidine rings is 1. The number of likely N-dealkylation sites (tertiary alicyclic amines) is 1. The van der Waals surface area contributed by atoms with Crippen molar-refractivity contribution in [2.24, 2.45) is 29.6 Å². The number of aliphatic hydroxyl groups excluding tert-OH is 1. The molecule has 0 aromatic rings. The van der Waals surface area contributed by atoms with Crippen molar-refractivity contribution in [1.82, 2.24) is 15.5 Å². The van der Waals surface area contributed by atoms with Gasteiger partial charge in [0.25, 0.3) is 0 Å². The molecule has 4 saturated carbocycles. The van der Waals surface area contributed by atoms with Gasteiger partial charge >= 0.3 is 0 Å². The van der Waals surface area contributed by atoms with Crippen LogP contribution in [0.25, 0.3) is 0 Å². The number of amides is 3. The fourth-order valence-electron chi connectivity index (χ4n) is 11.0. The maximum atomic E-state index is 13.2. The molecular formula is C43H71N3O8. The molecule has 54 heavy (non-hydrogen) atoms. The van der Waals surface area contributed by atoms with Gasteiger partial charge in [0.05, 0.1) is 58.5 Å². The molecule has 4 aliphatic carbocycles. The van der Waals surface area contributed by atoms with Crippen LogP contribution in [0.1, 0.15) is 129 Å². The predicted molar refractivity (Wildman–Crippen MR) is 207 cm³/mol. The molecular weight excluding hydrogens is 686 g/mol. The molecule has 11 nitrogen and oxygen atoms in total. The zero-order valence-corrected chi connectivity index (χ0v) is 33.2. The molecule has 4 unspecified atom stereocenters. The normalized spacial score (nSPS) is 33.1. The van der Waals surface area contributed by atoms with E-state index in [4.69, 9.17) is 18.9 Å². The first-order valence-corrected chi connectivity index (χ1v) is 22.1. The molecule has 0 aromatic carbocycles. The zero-order valence-electron chi connectivity index (χ0n) is 33.2. The number of rotatable bonds is 19. The number of hydrogen-bond donors (Lipinski definition) is 3. The van der Waals surface area contributed by atoms with Gasteiger partial charge in [-0.25, -0.2) is 0 Å². The van der Waals surface area contributed by atoms with Crippen LogP contribution in [0.2, 0.25) is 0 Å². The number of hydrogen-bond acceptors (Lipinski definition) is 9. The summed E-state index contributed by atoms with van der Waals surface area (Å²) in [5.74, 6) is 1.78. The number of aliphatic hydroxyl groups is 1. The summed E-state index contributed by atoms with van der Waals surface area (Å²) >= 11 is 0.